The first-order valence-corrected chi connectivity index (χ1v) is 9.98. The van der Waals surface area contributed by atoms with E-state index in [1.165, 1.54) is 31.3 Å². The predicted molar refractivity (Wildman–Crippen MR) is 105 cm³/mol. The van der Waals surface area contributed by atoms with Crippen LogP contribution in [0.1, 0.15) is 25.3 Å². The monoisotopic (exact) mass is 407 g/mol. The summed E-state index contributed by atoms with van der Waals surface area (Å²) in [6, 6.07) is 12.0. The summed E-state index contributed by atoms with van der Waals surface area (Å²) in [7, 11) is -2.27. The average molecular weight is 407 g/mol. The minimum absolute atomic E-state index is 0.0878. The van der Waals surface area contributed by atoms with E-state index in [1.807, 2.05) is 0 Å². The van der Waals surface area contributed by atoms with Gasteiger partial charge in [0.25, 0.3) is 0 Å². The molecule has 2 aromatic rings. The third kappa shape index (κ3) is 5.86. The predicted octanol–water partition coefficient (Wildman–Crippen LogP) is 3.15. The number of halogens is 1. The van der Waals surface area contributed by atoms with Crippen LogP contribution in [0.5, 0.6) is 0 Å². The minimum Gasteiger partial charge on any atom is -0.481 e. The topological polar surface area (TPSA) is 99.1 Å². The maximum absolute atomic E-state index is 12.9. The Morgan fingerprint density at radius 2 is 1.75 bits per heavy atom. The Morgan fingerprint density at radius 1 is 1.14 bits per heavy atom. The summed E-state index contributed by atoms with van der Waals surface area (Å²) in [5, 5.41) is 12.9. The second-order valence-electron chi connectivity index (χ2n) is 6.16. The standard InChI is InChI=1S/C19H22FN3O4S/c1-14(21-22-17-9-7-16(20)8-10-17)15-5-11-18(12-6-15)28(26,27)23(2)13-3-4-19(24)25/h5-12,22H,3-4,13H2,1-2H3,(H,24,25)/b21-14-. The van der Waals surface area contributed by atoms with Crippen LogP contribution < -0.4 is 5.43 Å². The van der Waals surface area contributed by atoms with E-state index in [2.05, 4.69) is 10.5 Å². The lowest BCUT2D eigenvalue weighted by molar-refractivity contribution is -0.137. The van der Waals surface area contributed by atoms with Gasteiger partial charge in [-0.3, -0.25) is 10.2 Å². The molecule has 7 nitrogen and oxygen atoms in total. The molecule has 0 aromatic heterocycles. The van der Waals surface area contributed by atoms with Crippen LogP contribution in [0, 0.1) is 5.82 Å². The lowest BCUT2D eigenvalue weighted by Crippen LogP contribution is -2.28. The molecule has 0 fully saturated rings. The summed E-state index contributed by atoms with van der Waals surface area (Å²) in [4.78, 5) is 10.7. The van der Waals surface area contributed by atoms with E-state index in [-0.39, 0.29) is 30.1 Å². The van der Waals surface area contributed by atoms with Gasteiger partial charge in [0.1, 0.15) is 5.82 Å². The smallest absolute Gasteiger partial charge is 0.303 e. The van der Waals surface area contributed by atoms with Crippen LogP contribution in [-0.4, -0.2) is 43.1 Å². The van der Waals surface area contributed by atoms with E-state index in [0.29, 0.717) is 11.4 Å². The lowest BCUT2D eigenvalue weighted by Gasteiger charge is -2.17. The van der Waals surface area contributed by atoms with E-state index in [9.17, 15) is 17.6 Å². The SMILES string of the molecule is C/C(=N/Nc1ccc(F)cc1)c1ccc(S(=O)(=O)N(C)CCCC(=O)O)cc1. The summed E-state index contributed by atoms with van der Waals surface area (Å²) < 4.78 is 39.1. The fraction of sp³-hybridized carbons (Fsp3) is 0.263. The van der Waals surface area contributed by atoms with Crippen molar-refractivity contribution < 1.29 is 22.7 Å². The highest BCUT2D eigenvalue weighted by Gasteiger charge is 2.20. The molecule has 0 spiro atoms. The van der Waals surface area contributed by atoms with E-state index < -0.39 is 16.0 Å². The molecular formula is C19H22FN3O4S. The fourth-order valence-electron chi connectivity index (χ4n) is 2.36. The van der Waals surface area contributed by atoms with Crippen LogP contribution in [0.3, 0.4) is 0 Å². The van der Waals surface area contributed by atoms with Crippen molar-refractivity contribution in [3.05, 3.63) is 59.9 Å². The number of hydrogen-bond acceptors (Lipinski definition) is 5. The third-order valence-electron chi connectivity index (χ3n) is 4.04. The van der Waals surface area contributed by atoms with Gasteiger partial charge in [-0.15, -0.1) is 0 Å². The van der Waals surface area contributed by atoms with Crippen molar-refractivity contribution in [2.24, 2.45) is 5.10 Å². The largest absolute Gasteiger partial charge is 0.481 e. The molecule has 0 amide bonds. The van der Waals surface area contributed by atoms with E-state index in [0.717, 1.165) is 9.87 Å². The summed E-state index contributed by atoms with van der Waals surface area (Å²) in [5.41, 5.74) is 4.79. The Hall–Kier alpha value is -2.78. The Morgan fingerprint density at radius 3 is 2.32 bits per heavy atom. The zero-order valence-electron chi connectivity index (χ0n) is 15.6. The van der Waals surface area contributed by atoms with Crippen molar-refractivity contribution in [3.8, 4) is 0 Å². The number of sulfonamides is 1. The van der Waals surface area contributed by atoms with Crippen LogP contribution in [0.2, 0.25) is 0 Å². The molecule has 0 aliphatic rings. The normalized spacial score (nSPS) is 12.2. The Kier molecular flexibility index (Phi) is 7.24. The summed E-state index contributed by atoms with van der Waals surface area (Å²) in [5.74, 6) is -1.30. The highest BCUT2D eigenvalue weighted by atomic mass is 32.2. The van der Waals surface area contributed by atoms with Crippen molar-refractivity contribution in [2.45, 2.75) is 24.7 Å². The zero-order chi connectivity index (χ0) is 20.7. The second kappa shape index (κ2) is 9.43. The molecule has 2 N–H and O–H groups in total. The number of aliphatic carboxylic acids is 1. The first-order chi connectivity index (χ1) is 13.2. The Bertz CT molecular complexity index is 942. The van der Waals surface area contributed by atoms with Crippen LogP contribution in [-0.2, 0) is 14.8 Å². The number of carboxylic acids is 1. The molecule has 28 heavy (non-hydrogen) atoms. The average Bonchev–Trinajstić information content (AvgIpc) is 2.67. The van der Waals surface area contributed by atoms with Gasteiger partial charge in [-0.05, 0) is 55.3 Å². The quantitative estimate of drug-likeness (QED) is 0.491. The highest BCUT2D eigenvalue weighted by Crippen LogP contribution is 2.17. The molecule has 9 heteroatoms. The van der Waals surface area contributed by atoms with Crippen molar-refractivity contribution in [1.29, 1.82) is 0 Å². The van der Waals surface area contributed by atoms with Gasteiger partial charge in [-0.2, -0.15) is 5.10 Å². The number of carbonyl (C=O) groups is 1. The molecule has 2 rings (SSSR count). The number of anilines is 1. The maximum Gasteiger partial charge on any atom is 0.303 e. The number of rotatable bonds is 9. The number of nitrogens with zero attached hydrogens (tertiary/aromatic N) is 2. The number of benzene rings is 2. The molecule has 0 atom stereocenters. The molecule has 150 valence electrons. The van der Waals surface area contributed by atoms with Gasteiger partial charge < -0.3 is 5.11 Å². The van der Waals surface area contributed by atoms with E-state index in [4.69, 9.17) is 5.11 Å². The van der Waals surface area contributed by atoms with Crippen LogP contribution in [0.4, 0.5) is 10.1 Å². The van der Waals surface area contributed by atoms with Crippen LogP contribution in [0.25, 0.3) is 0 Å². The summed E-state index contributed by atoms with van der Waals surface area (Å²) >= 11 is 0. The molecular weight excluding hydrogens is 385 g/mol. The zero-order valence-corrected chi connectivity index (χ0v) is 16.4. The van der Waals surface area contributed by atoms with Gasteiger partial charge >= 0.3 is 5.97 Å². The third-order valence-corrected chi connectivity index (χ3v) is 5.91. The summed E-state index contributed by atoms with van der Waals surface area (Å²) in [6.45, 7) is 1.89. The number of nitrogens with one attached hydrogen (secondary N) is 1. The number of hydrogen-bond donors (Lipinski definition) is 2. The lowest BCUT2D eigenvalue weighted by atomic mass is 10.1. The molecule has 0 aliphatic carbocycles. The van der Waals surface area contributed by atoms with Gasteiger partial charge in [-0.1, -0.05) is 12.1 Å². The van der Waals surface area contributed by atoms with Gasteiger partial charge in [0.05, 0.1) is 16.3 Å². The van der Waals surface area contributed by atoms with E-state index >= 15 is 0 Å². The maximum atomic E-state index is 12.9. The van der Waals surface area contributed by atoms with Crippen LogP contribution >= 0.6 is 0 Å². The fourth-order valence-corrected chi connectivity index (χ4v) is 3.57. The van der Waals surface area contributed by atoms with Crippen LogP contribution in [0.15, 0.2) is 58.5 Å². The second-order valence-corrected chi connectivity index (χ2v) is 8.21. The molecule has 0 aliphatic heterocycles. The first-order valence-electron chi connectivity index (χ1n) is 8.54. The van der Waals surface area contributed by atoms with Gasteiger partial charge in [0.2, 0.25) is 10.0 Å². The number of hydrazone groups is 1. The summed E-state index contributed by atoms with van der Waals surface area (Å²) in [6.07, 6.45) is 0.152. The molecule has 2 aromatic carbocycles. The molecule has 0 saturated carbocycles. The molecule has 0 unspecified atom stereocenters. The molecule has 0 bridgehead atoms. The van der Waals surface area contributed by atoms with Crippen molar-refractivity contribution in [3.63, 3.8) is 0 Å². The molecule has 0 saturated heterocycles. The Balaban J connectivity index is 2.05. The molecule has 0 heterocycles. The van der Waals surface area contributed by atoms with Crippen molar-refractivity contribution >= 4 is 27.4 Å². The van der Waals surface area contributed by atoms with Gasteiger partial charge in [-0.25, -0.2) is 17.1 Å². The highest BCUT2D eigenvalue weighted by molar-refractivity contribution is 7.89. The van der Waals surface area contributed by atoms with E-state index in [1.54, 1.807) is 31.2 Å². The Labute approximate surface area is 163 Å². The number of carboxylic acid groups (broad SMARTS) is 1. The minimum atomic E-state index is -3.69. The van der Waals surface area contributed by atoms with Gasteiger partial charge in [0, 0.05) is 20.0 Å². The van der Waals surface area contributed by atoms with Gasteiger partial charge in [0.15, 0.2) is 0 Å². The molecule has 0 radical (unpaired) electrons. The van der Waals surface area contributed by atoms with Crippen molar-refractivity contribution in [1.82, 2.24) is 4.31 Å². The first kappa shape index (κ1) is 21.5. The van der Waals surface area contributed by atoms with Crippen molar-refractivity contribution in [2.75, 3.05) is 19.0 Å².